The second kappa shape index (κ2) is 5.38. The third-order valence-electron chi connectivity index (χ3n) is 6.55. The van der Waals surface area contributed by atoms with Gasteiger partial charge in [0.2, 0.25) is 11.8 Å². The average Bonchev–Trinajstić information content (AvgIpc) is 2.87. The highest BCUT2D eigenvalue weighted by Crippen LogP contribution is 2.58. The number of aryl methyl sites for hydroxylation is 3. The molecule has 1 saturated carbocycles. The van der Waals surface area contributed by atoms with Gasteiger partial charge in [-0.05, 0) is 43.0 Å². The van der Waals surface area contributed by atoms with E-state index in [-0.39, 0.29) is 23.5 Å². The summed E-state index contributed by atoms with van der Waals surface area (Å²) in [7, 11) is 0. The van der Waals surface area contributed by atoms with Crippen LogP contribution in [0.25, 0.3) is 0 Å². The Morgan fingerprint density at radius 3 is 2.11 bits per heavy atom. The van der Waals surface area contributed by atoms with Gasteiger partial charge < -0.3 is 0 Å². The maximum atomic E-state index is 13.4. The lowest BCUT2D eigenvalue weighted by Crippen LogP contribution is -2.44. The third kappa shape index (κ3) is 2.01. The predicted molar refractivity (Wildman–Crippen MR) is 102 cm³/mol. The quantitative estimate of drug-likeness (QED) is 0.732. The molecule has 136 valence electrons. The lowest BCUT2D eigenvalue weighted by Gasteiger charge is -2.43. The summed E-state index contributed by atoms with van der Waals surface area (Å²) in [5.41, 5.74) is 5.66. The molecule has 0 aromatic heterocycles. The monoisotopic (exact) mass is 359 g/mol. The van der Waals surface area contributed by atoms with Gasteiger partial charge >= 0.3 is 0 Å². The lowest BCUT2D eigenvalue weighted by atomic mass is 9.56. The van der Waals surface area contributed by atoms with E-state index in [2.05, 4.69) is 0 Å². The largest absolute Gasteiger partial charge is 0.299 e. The molecule has 4 atom stereocenters. The minimum Gasteiger partial charge on any atom is -0.299 e. The van der Waals surface area contributed by atoms with Gasteiger partial charge in [0.05, 0.1) is 23.4 Å². The third-order valence-corrected chi connectivity index (χ3v) is 6.55. The van der Waals surface area contributed by atoms with Crippen molar-refractivity contribution in [3.05, 3.63) is 64.2 Å². The molecule has 2 aromatic rings. The normalized spacial score (nSPS) is 28.6. The highest BCUT2D eigenvalue weighted by Gasteiger charge is 2.62. The van der Waals surface area contributed by atoms with Crippen LogP contribution in [-0.4, -0.2) is 17.6 Å². The molecule has 0 N–H and O–H groups in total. The summed E-state index contributed by atoms with van der Waals surface area (Å²) < 4.78 is 0. The first-order valence-corrected chi connectivity index (χ1v) is 9.47. The van der Waals surface area contributed by atoms with E-state index in [1.807, 2.05) is 57.2 Å². The zero-order valence-electron chi connectivity index (χ0n) is 15.7. The number of anilines is 1. The molecule has 6 rings (SSSR count). The Morgan fingerprint density at radius 1 is 0.852 bits per heavy atom. The van der Waals surface area contributed by atoms with Crippen molar-refractivity contribution in [3.8, 4) is 0 Å². The summed E-state index contributed by atoms with van der Waals surface area (Å²) in [5.74, 6) is -1.90. The van der Waals surface area contributed by atoms with Gasteiger partial charge in [-0.2, -0.15) is 0 Å². The SMILES string of the molecule is Cc1cc(C)c(N2C(=O)[C@@H]3[C@@H](C2=O)[C@H]2C(=O)C[C@@H]3c3ccccc32)c(C)c1. The highest BCUT2D eigenvalue weighted by molar-refractivity contribution is 6.25. The van der Waals surface area contributed by atoms with Crippen LogP contribution >= 0.6 is 0 Å². The fourth-order valence-corrected chi connectivity index (χ4v) is 5.70. The number of ketones is 1. The first kappa shape index (κ1) is 16.4. The van der Waals surface area contributed by atoms with Crippen molar-refractivity contribution in [2.24, 2.45) is 11.8 Å². The molecule has 1 aliphatic heterocycles. The molecule has 2 bridgehead atoms. The number of carbonyl (C=O) groups excluding carboxylic acids is 3. The summed E-state index contributed by atoms with van der Waals surface area (Å²) in [6.45, 7) is 5.88. The van der Waals surface area contributed by atoms with Gasteiger partial charge in [0.25, 0.3) is 0 Å². The van der Waals surface area contributed by atoms with E-state index < -0.39 is 17.8 Å². The lowest BCUT2D eigenvalue weighted by molar-refractivity contribution is -0.134. The molecule has 0 spiro atoms. The Labute approximate surface area is 158 Å². The predicted octanol–water partition coefficient (Wildman–Crippen LogP) is 3.57. The van der Waals surface area contributed by atoms with Crippen LogP contribution in [0.3, 0.4) is 0 Å². The number of rotatable bonds is 1. The molecular weight excluding hydrogens is 338 g/mol. The molecule has 0 radical (unpaired) electrons. The summed E-state index contributed by atoms with van der Waals surface area (Å²) in [4.78, 5) is 41.0. The van der Waals surface area contributed by atoms with Crippen molar-refractivity contribution in [1.29, 1.82) is 0 Å². The fourth-order valence-electron chi connectivity index (χ4n) is 5.70. The molecule has 2 amide bonds. The molecule has 2 aromatic carbocycles. The number of imide groups is 1. The van der Waals surface area contributed by atoms with Crippen molar-refractivity contribution in [3.63, 3.8) is 0 Å². The van der Waals surface area contributed by atoms with E-state index in [4.69, 9.17) is 0 Å². The van der Waals surface area contributed by atoms with E-state index >= 15 is 0 Å². The van der Waals surface area contributed by atoms with Crippen molar-refractivity contribution in [2.75, 3.05) is 4.90 Å². The van der Waals surface area contributed by atoms with E-state index in [1.54, 1.807) is 0 Å². The number of hydrogen-bond acceptors (Lipinski definition) is 3. The van der Waals surface area contributed by atoms with Crippen molar-refractivity contribution in [1.82, 2.24) is 0 Å². The molecule has 0 unspecified atom stereocenters. The minimum atomic E-state index is -0.557. The number of amides is 2. The van der Waals surface area contributed by atoms with E-state index in [9.17, 15) is 14.4 Å². The number of hydrogen-bond donors (Lipinski definition) is 0. The summed E-state index contributed by atoms with van der Waals surface area (Å²) in [6, 6.07) is 11.8. The minimum absolute atomic E-state index is 0.0975. The first-order valence-electron chi connectivity index (χ1n) is 9.47. The highest BCUT2D eigenvalue weighted by atomic mass is 16.2. The summed E-state index contributed by atoms with van der Waals surface area (Å²) in [6.07, 6.45) is 0.363. The molecule has 1 saturated heterocycles. The molecule has 3 aliphatic carbocycles. The number of carbonyl (C=O) groups is 3. The van der Waals surface area contributed by atoms with Crippen molar-refractivity contribution < 1.29 is 14.4 Å². The Balaban J connectivity index is 1.68. The van der Waals surface area contributed by atoms with Gasteiger partial charge in [-0.25, -0.2) is 4.90 Å². The van der Waals surface area contributed by atoms with Crippen LogP contribution in [0.15, 0.2) is 36.4 Å². The second-order valence-electron chi connectivity index (χ2n) is 8.19. The summed E-state index contributed by atoms with van der Waals surface area (Å²) >= 11 is 0. The number of benzene rings is 2. The number of nitrogens with zero attached hydrogens (tertiary/aromatic N) is 1. The maximum absolute atomic E-state index is 13.4. The molecule has 4 aliphatic rings. The second-order valence-corrected chi connectivity index (χ2v) is 8.19. The zero-order valence-corrected chi connectivity index (χ0v) is 15.7. The van der Waals surface area contributed by atoms with Gasteiger partial charge in [-0.15, -0.1) is 0 Å². The molecule has 2 fully saturated rings. The number of fused-ring (bicyclic) bond motifs is 1. The van der Waals surface area contributed by atoms with Crippen LogP contribution in [0.5, 0.6) is 0 Å². The molecule has 27 heavy (non-hydrogen) atoms. The Hall–Kier alpha value is -2.75. The van der Waals surface area contributed by atoms with Gasteiger partial charge in [-0.3, -0.25) is 14.4 Å². The molecule has 4 heteroatoms. The Bertz CT molecular complexity index is 1010. The van der Waals surface area contributed by atoms with Gasteiger partial charge in [0.1, 0.15) is 5.78 Å². The van der Waals surface area contributed by atoms with E-state index in [0.29, 0.717) is 12.1 Å². The Morgan fingerprint density at radius 2 is 1.44 bits per heavy atom. The summed E-state index contributed by atoms with van der Waals surface area (Å²) in [5, 5.41) is 0. The first-order chi connectivity index (χ1) is 12.9. The van der Waals surface area contributed by atoms with Crippen molar-refractivity contribution >= 4 is 23.3 Å². The molecule has 1 heterocycles. The fraction of sp³-hybridized carbons (Fsp3) is 0.348. The maximum Gasteiger partial charge on any atom is 0.238 e. The Kier molecular flexibility index (Phi) is 3.27. The van der Waals surface area contributed by atoms with Crippen LogP contribution in [0, 0.1) is 32.6 Å². The van der Waals surface area contributed by atoms with E-state index in [0.717, 1.165) is 27.8 Å². The standard InChI is InChI=1S/C23H21NO3/c1-11-8-12(2)21(13(3)9-11)24-22(26)19-16-10-17(25)18(20(19)23(24)27)15-7-5-4-6-14(15)16/h4-9,16,18-20H,10H2,1-3H3/t16-,18-,19+,20+/m1/s1. The molecule has 4 nitrogen and oxygen atoms in total. The van der Waals surface area contributed by atoms with Crippen LogP contribution in [-0.2, 0) is 14.4 Å². The average molecular weight is 359 g/mol. The number of Topliss-reactive ketones (excluding diaryl/α,β-unsaturated/α-hetero) is 1. The van der Waals surface area contributed by atoms with Crippen LogP contribution in [0.2, 0.25) is 0 Å². The van der Waals surface area contributed by atoms with Crippen LogP contribution in [0.1, 0.15) is 46.1 Å². The van der Waals surface area contributed by atoms with E-state index in [1.165, 1.54) is 4.90 Å². The van der Waals surface area contributed by atoms with Crippen molar-refractivity contribution in [2.45, 2.75) is 39.0 Å². The topological polar surface area (TPSA) is 54.5 Å². The van der Waals surface area contributed by atoms with Gasteiger partial charge in [0.15, 0.2) is 0 Å². The zero-order chi connectivity index (χ0) is 19.0. The van der Waals surface area contributed by atoms with Gasteiger partial charge in [0, 0.05) is 12.3 Å². The van der Waals surface area contributed by atoms with Gasteiger partial charge in [-0.1, -0.05) is 42.0 Å². The van der Waals surface area contributed by atoms with Crippen LogP contribution < -0.4 is 4.90 Å². The molecular formula is C23H21NO3. The smallest absolute Gasteiger partial charge is 0.238 e. The van der Waals surface area contributed by atoms with Crippen LogP contribution in [0.4, 0.5) is 5.69 Å².